The van der Waals surface area contributed by atoms with Crippen LogP contribution in [0, 0.1) is 12.7 Å². The van der Waals surface area contributed by atoms with Gasteiger partial charge in [-0.25, -0.2) is 4.39 Å². The van der Waals surface area contributed by atoms with Crippen molar-refractivity contribution in [3.05, 3.63) is 29.3 Å². The van der Waals surface area contributed by atoms with Gasteiger partial charge in [-0.05, 0) is 56.6 Å². The summed E-state index contributed by atoms with van der Waals surface area (Å²) in [4.78, 5) is 3.89. The van der Waals surface area contributed by atoms with Crippen molar-refractivity contribution in [2.45, 2.75) is 71.0 Å². The summed E-state index contributed by atoms with van der Waals surface area (Å²) in [5, 5.41) is 0. The molecular formula is C18H28FNO2. The van der Waals surface area contributed by atoms with Crippen LogP contribution in [0.5, 0.6) is 0 Å². The summed E-state index contributed by atoms with van der Waals surface area (Å²) in [5.41, 5.74) is 1.64. The molecule has 4 heteroatoms. The van der Waals surface area contributed by atoms with E-state index in [9.17, 15) is 4.39 Å². The summed E-state index contributed by atoms with van der Waals surface area (Å²) in [6.45, 7) is 7.80. The lowest BCUT2D eigenvalue weighted by atomic mass is 9.90. The molecule has 1 fully saturated rings. The molecule has 2 heterocycles. The normalized spacial score (nSPS) is 19.1. The second-order valence-corrected chi connectivity index (χ2v) is 6.25. The van der Waals surface area contributed by atoms with Crippen LogP contribution in [0.3, 0.4) is 0 Å². The van der Waals surface area contributed by atoms with Gasteiger partial charge in [-0.3, -0.25) is 4.98 Å². The van der Waals surface area contributed by atoms with Crippen LogP contribution in [0.4, 0.5) is 4.39 Å². The fraction of sp³-hybridized carbons (Fsp3) is 0.722. The van der Waals surface area contributed by atoms with Gasteiger partial charge in [-0.15, -0.1) is 0 Å². The first kappa shape index (κ1) is 17.4. The number of aryl methyl sites for hydroxylation is 1. The van der Waals surface area contributed by atoms with Crippen LogP contribution in [-0.4, -0.2) is 29.9 Å². The first-order valence-corrected chi connectivity index (χ1v) is 8.44. The number of halogens is 1. The largest absolute Gasteiger partial charge is 0.381 e. The molecule has 3 nitrogen and oxygen atoms in total. The van der Waals surface area contributed by atoms with E-state index in [0.717, 1.165) is 56.4 Å². The SMILES string of the molecule is CCC(CCc1c(C)cncc1F)OC1(CC)CCOCC1. The molecule has 0 aliphatic carbocycles. The maximum absolute atomic E-state index is 13.9. The van der Waals surface area contributed by atoms with E-state index >= 15 is 0 Å². The second-order valence-electron chi connectivity index (χ2n) is 6.25. The number of rotatable bonds is 7. The molecule has 1 saturated heterocycles. The molecule has 0 N–H and O–H groups in total. The summed E-state index contributed by atoms with van der Waals surface area (Å²) in [6.07, 6.45) is 8.64. The minimum absolute atomic E-state index is 0.0508. The Bertz CT molecular complexity index is 452. The highest BCUT2D eigenvalue weighted by atomic mass is 19.1. The van der Waals surface area contributed by atoms with Crippen LogP contribution < -0.4 is 0 Å². The van der Waals surface area contributed by atoms with Crippen molar-refractivity contribution < 1.29 is 13.9 Å². The molecule has 124 valence electrons. The van der Waals surface area contributed by atoms with Crippen molar-refractivity contribution in [3.8, 4) is 0 Å². The van der Waals surface area contributed by atoms with E-state index in [2.05, 4.69) is 18.8 Å². The Balaban J connectivity index is 1.97. The van der Waals surface area contributed by atoms with Gasteiger partial charge in [-0.1, -0.05) is 13.8 Å². The fourth-order valence-electron chi connectivity index (χ4n) is 3.18. The molecule has 0 spiro atoms. The Morgan fingerprint density at radius 3 is 2.64 bits per heavy atom. The number of hydrogen-bond donors (Lipinski definition) is 0. The van der Waals surface area contributed by atoms with Crippen LogP contribution in [0.2, 0.25) is 0 Å². The van der Waals surface area contributed by atoms with Gasteiger partial charge in [0.2, 0.25) is 0 Å². The molecule has 1 unspecified atom stereocenters. The maximum Gasteiger partial charge on any atom is 0.144 e. The van der Waals surface area contributed by atoms with E-state index < -0.39 is 0 Å². The third-order valence-electron chi connectivity index (χ3n) is 4.86. The zero-order valence-corrected chi connectivity index (χ0v) is 14.0. The van der Waals surface area contributed by atoms with Gasteiger partial charge >= 0.3 is 0 Å². The Labute approximate surface area is 133 Å². The van der Waals surface area contributed by atoms with E-state index in [-0.39, 0.29) is 17.5 Å². The van der Waals surface area contributed by atoms with Gasteiger partial charge in [0.1, 0.15) is 5.82 Å². The number of nitrogens with zero attached hydrogens (tertiary/aromatic N) is 1. The molecule has 22 heavy (non-hydrogen) atoms. The third kappa shape index (κ3) is 4.26. The zero-order chi connectivity index (χ0) is 16.0. The molecule has 2 rings (SSSR count). The maximum atomic E-state index is 13.9. The smallest absolute Gasteiger partial charge is 0.144 e. The minimum atomic E-state index is -0.203. The summed E-state index contributed by atoms with van der Waals surface area (Å²) in [6, 6.07) is 0. The van der Waals surface area contributed by atoms with Crippen molar-refractivity contribution in [3.63, 3.8) is 0 Å². The molecule has 1 aliphatic heterocycles. The van der Waals surface area contributed by atoms with E-state index in [0.29, 0.717) is 6.42 Å². The topological polar surface area (TPSA) is 31.4 Å². The molecule has 0 aromatic carbocycles. The number of aromatic nitrogens is 1. The summed E-state index contributed by atoms with van der Waals surface area (Å²) in [7, 11) is 0. The highest BCUT2D eigenvalue weighted by Crippen LogP contribution is 2.31. The van der Waals surface area contributed by atoms with Gasteiger partial charge < -0.3 is 9.47 Å². The molecule has 1 aliphatic rings. The first-order chi connectivity index (χ1) is 10.6. The predicted octanol–water partition coefficient (Wildman–Crippen LogP) is 4.22. The van der Waals surface area contributed by atoms with E-state index in [1.54, 1.807) is 6.20 Å². The van der Waals surface area contributed by atoms with E-state index in [4.69, 9.17) is 9.47 Å². The van der Waals surface area contributed by atoms with Gasteiger partial charge in [0.15, 0.2) is 0 Å². The van der Waals surface area contributed by atoms with Crippen LogP contribution in [0.25, 0.3) is 0 Å². The van der Waals surface area contributed by atoms with Crippen molar-refractivity contribution in [1.82, 2.24) is 4.98 Å². The summed E-state index contributed by atoms with van der Waals surface area (Å²) < 4.78 is 25.8. The Morgan fingerprint density at radius 2 is 2.05 bits per heavy atom. The molecule has 0 saturated carbocycles. The van der Waals surface area contributed by atoms with Crippen molar-refractivity contribution in [2.75, 3.05) is 13.2 Å². The monoisotopic (exact) mass is 309 g/mol. The molecule has 1 aromatic heterocycles. The highest BCUT2D eigenvalue weighted by Gasteiger charge is 2.33. The number of pyridine rings is 1. The van der Waals surface area contributed by atoms with E-state index in [1.165, 1.54) is 6.20 Å². The summed E-state index contributed by atoms with van der Waals surface area (Å²) >= 11 is 0. The van der Waals surface area contributed by atoms with Crippen LogP contribution in [0.15, 0.2) is 12.4 Å². The third-order valence-corrected chi connectivity index (χ3v) is 4.86. The van der Waals surface area contributed by atoms with Crippen LogP contribution >= 0.6 is 0 Å². The van der Waals surface area contributed by atoms with Crippen molar-refractivity contribution in [1.29, 1.82) is 0 Å². The predicted molar refractivity (Wildman–Crippen MR) is 85.5 cm³/mol. The Hall–Kier alpha value is -1.00. The second kappa shape index (κ2) is 8.02. The van der Waals surface area contributed by atoms with Gasteiger partial charge in [0, 0.05) is 19.4 Å². The van der Waals surface area contributed by atoms with Crippen LogP contribution in [-0.2, 0) is 15.9 Å². The summed E-state index contributed by atoms with van der Waals surface area (Å²) in [5.74, 6) is -0.203. The Morgan fingerprint density at radius 1 is 1.32 bits per heavy atom. The zero-order valence-electron chi connectivity index (χ0n) is 14.0. The average molecular weight is 309 g/mol. The van der Waals surface area contributed by atoms with Gasteiger partial charge in [0.05, 0.1) is 17.9 Å². The standard InChI is InChI=1S/C18H28FNO2/c1-4-15(22-18(5-2)8-10-21-11-9-18)6-7-16-14(3)12-20-13-17(16)19/h12-13,15H,4-11H2,1-3H3. The van der Waals surface area contributed by atoms with Crippen molar-refractivity contribution >= 4 is 0 Å². The van der Waals surface area contributed by atoms with Gasteiger partial charge in [0.25, 0.3) is 0 Å². The lowest BCUT2D eigenvalue weighted by Crippen LogP contribution is -2.41. The highest BCUT2D eigenvalue weighted by molar-refractivity contribution is 5.23. The first-order valence-electron chi connectivity index (χ1n) is 8.44. The molecule has 1 aromatic rings. The van der Waals surface area contributed by atoms with Crippen LogP contribution in [0.1, 0.15) is 57.1 Å². The molecule has 0 amide bonds. The van der Waals surface area contributed by atoms with Crippen molar-refractivity contribution in [2.24, 2.45) is 0 Å². The van der Waals surface area contributed by atoms with E-state index in [1.807, 2.05) is 6.92 Å². The molecule has 0 bridgehead atoms. The molecule has 0 radical (unpaired) electrons. The molecule has 1 atom stereocenters. The quantitative estimate of drug-likeness (QED) is 0.756. The average Bonchev–Trinajstić information content (AvgIpc) is 2.54. The molecular weight excluding hydrogens is 281 g/mol. The fourth-order valence-corrected chi connectivity index (χ4v) is 3.18. The lowest BCUT2D eigenvalue weighted by Gasteiger charge is -2.39. The number of ether oxygens (including phenoxy) is 2. The minimum Gasteiger partial charge on any atom is -0.381 e. The lowest BCUT2D eigenvalue weighted by molar-refractivity contribution is -0.147. The van der Waals surface area contributed by atoms with Gasteiger partial charge in [-0.2, -0.15) is 0 Å². The Kier molecular flexibility index (Phi) is 6.33. The number of hydrogen-bond acceptors (Lipinski definition) is 3.